The van der Waals surface area contributed by atoms with Crippen LogP contribution >= 0.6 is 11.8 Å². The van der Waals surface area contributed by atoms with E-state index in [4.69, 9.17) is 14.6 Å². The van der Waals surface area contributed by atoms with Crippen molar-refractivity contribution in [3.05, 3.63) is 53.6 Å². The molecule has 9 heteroatoms. The van der Waals surface area contributed by atoms with E-state index in [0.717, 1.165) is 36.1 Å². The highest BCUT2D eigenvalue weighted by atomic mass is 32.2. The van der Waals surface area contributed by atoms with Gasteiger partial charge in [0, 0.05) is 18.2 Å². The first-order chi connectivity index (χ1) is 17.4. The normalized spacial score (nSPS) is 18.1. The van der Waals surface area contributed by atoms with Gasteiger partial charge in [-0.25, -0.2) is 5.01 Å². The predicted octanol–water partition coefficient (Wildman–Crippen LogP) is 5.40. The van der Waals surface area contributed by atoms with Crippen LogP contribution in [0.4, 0.5) is 10.5 Å². The number of methoxy groups -OCH3 is 1. The van der Waals surface area contributed by atoms with Crippen LogP contribution in [-0.2, 0) is 16.1 Å². The molecule has 190 valence electrons. The number of rotatable bonds is 9. The summed E-state index contributed by atoms with van der Waals surface area (Å²) in [4.78, 5) is 35.6. The number of Topliss-reactive ketones (excluding diaryl/α,β-unsaturated/α-hetero) is 1. The number of anilines is 1. The van der Waals surface area contributed by atoms with Crippen LogP contribution in [0, 0.1) is 0 Å². The zero-order chi connectivity index (χ0) is 25.7. The summed E-state index contributed by atoms with van der Waals surface area (Å²) in [7, 11) is 1.64. The van der Waals surface area contributed by atoms with Crippen molar-refractivity contribution in [1.29, 1.82) is 0 Å². The molecule has 0 saturated heterocycles. The Labute approximate surface area is 215 Å². The zero-order valence-corrected chi connectivity index (χ0v) is 21.6. The lowest BCUT2D eigenvalue weighted by Crippen LogP contribution is -2.34. The molecule has 2 aliphatic rings. The number of carbonyl (C=O) groups is 3. The SMILES string of the molecule is CCC1SC(=O)N(Cc2ccc(NC(=O)C(C)=O)cc2)N=C1c1ccc(OC)c(OC2CCCC2)c1. The first kappa shape index (κ1) is 25.8. The molecule has 2 aromatic rings. The van der Waals surface area contributed by atoms with Gasteiger partial charge in [0.1, 0.15) is 0 Å². The molecule has 2 aromatic carbocycles. The first-order valence-corrected chi connectivity index (χ1v) is 13.1. The fourth-order valence-electron chi connectivity index (χ4n) is 4.29. The van der Waals surface area contributed by atoms with Gasteiger partial charge in [-0.05, 0) is 68.0 Å². The minimum absolute atomic E-state index is 0.0642. The summed E-state index contributed by atoms with van der Waals surface area (Å²) >= 11 is 1.27. The fraction of sp³-hybridized carbons (Fsp3) is 0.407. The number of carbonyl (C=O) groups excluding carboxylic acids is 3. The van der Waals surface area contributed by atoms with E-state index >= 15 is 0 Å². The highest BCUT2D eigenvalue weighted by Gasteiger charge is 2.31. The van der Waals surface area contributed by atoms with Gasteiger partial charge < -0.3 is 14.8 Å². The van der Waals surface area contributed by atoms with Crippen molar-refractivity contribution in [3.63, 3.8) is 0 Å². The Kier molecular flexibility index (Phi) is 8.30. The number of nitrogens with one attached hydrogen (secondary N) is 1. The molecular weight excluding hydrogens is 478 g/mol. The van der Waals surface area contributed by atoms with E-state index in [1.54, 1.807) is 31.4 Å². The second-order valence-electron chi connectivity index (χ2n) is 8.92. The van der Waals surface area contributed by atoms with E-state index in [2.05, 4.69) is 5.32 Å². The second kappa shape index (κ2) is 11.6. The highest BCUT2D eigenvalue weighted by molar-refractivity contribution is 8.14. The molecule has 0 radical (unpaired) electrons. The molecule has 1 saturated carbocycles. The summed E-state index contributed by atoms with van der Waals surface area (Å²) < 4.78 is 11.8. The van der Waals surface area contributed by atoms with Gasteiger partial charge in [0.25, 0.3) is 5.91 Å². The standard InChI is InChI=1S/C27H31N3O5S/c1-4-24-25(19-11-14-22(34-3)23(15-19)35-21-7-5-6-8-21)29-30(27(33)36-24)16-18-9-12-20(13-10-18)28-26(32)17(2)31/h9-15,21,24H,4-8,16H2,1-3H3,(H,28,32). The molecule has 0 spiro atoms. The Balaban J connectivity index is 1.56. The topological polar surface area (TPSA) is 97.3 Å². The third-order valence-corrected chi connectivity index (χ3v) is 7.53. The second-order valence-corrected chi connectivity index (χ2v) is 10.1. The monoisotopic (exact) mass is 509 g/mol. The number of amides is 2. The number of thioether (sulfide) groups is 1. The van der Waals surface area contributed by atoms with Crippen molar-refractivity contribution in [2.45, 2.75) is 63.9 Å². The minimum atomic E-state index is -0.666. The lowest BCUT2D eigenvalue weighted by molar-refractivity contribution is -0.133. The average Bonchev–Trinajstić information content (AvgIpc) is 3.39. The maximum Gasteiger partial charge on any atom is 0.302 e. The van der Waals surface area contributed by atoms with Crippen molar-refractivity contribution in [2.75, 3.05) is 12.4 Å². The molecule has 1 fully saturated rings. The molecule has 1 aliphatic heterocycles. The Morgan fingerprint density at radius 3 is 2.47 bits per heavy atom. The Morgan fingerprint density at radius 1 is 1.11 bits per heavy atom. The van der Waals surface area contributed by atoms with Crippen LogP contribution in [-0.4, -0.2) is 46.1 Å². The van der Waals surface area contributed by atoms with Gasteiger partial charge in [0.2, 0.25) is 5.78 Å². The molecule has 1 N–H and O–H groups in total. The third-order valence-electron chi connectivity index (χ3n) is 6.28. The van der Waals surface area contributed by atoms with Gasteiger partial charge in [0.15, 0.2) is 11.5 Å². The molecule has 1 heterocycles. The number of hydrogen-bond donors (Lipinski definition) is 1. The molecule has 1 unspecified atom stereocenters. The summed E-state index contributed by atoms with van der Waals surface area (Å²) in [6.07, 6.45) is 5.39. The van der Waals surface area contributed by atoms with Crippen molar-refractivity contribution in [3.8, 4) is 11.5 Å². The van der Waals surface area contributed by atoms with E-state index in [9.17, 15) is 14.4 Å². The van der Waals surface area contributed by atoms with E-state index in [1.807, 2.05) is 25.1 Å². The Bertz CT molecular complexity index is 1160. The smallest absolute Gasteiger partial charge is 0.302 e. The number of benzene rings is 2. The van der Waals surface area contributed by atoms with Gasteiger partial charge in [-0.2, -0.15) is 5.10 Å². The zero-order valence-electron chi connectivity index (χ0n) is 20.8. The van der Waals surface area contributed by atoms with Crippen LogP contribution in [0.1, 0.15) is 57.1 Å². The average molecular weight is 510 g/mol. The molecule has 0 bridgehead atoms. The highest BCUT2D eigenvalue weighted by Crippen LogP contribution is 2.36. The molecular formula is C27H31N3O5S. The van der Waals surface area contributed by atoms with Gasteiger partial charge in [-0.3, -0.25) is 14.4 Å². The quantitative estimate of drug-likeness (QED) is 0.455. The van der Waals surface area contributed by atoms with Gasteiger partial charge >= 0.3 is 5.24 Å². The van der Waals surface area contributed by atoms with Crippen molar-refractivity contribution in [1.82, 2.24) is 5.01 Å². The summed E-state index contributed by atoms with van der Waals surface area (Å²) in [6, 6.07) is 12.8. The summed E-state index contributed by atoms with van der Waals surface area (Å²) in [5, 5.41) is 8.60. The van der Waals surface area contributed by atoms with E-state index in [0.29, 0.717) is 17.2 Å². The summed E-state index contributed by atoms with van der Waals surface area (Å²) in [6.45, 7) is 3.55. The molecule has 2 amide bonds. The van der Waals surface area contributed by atoms with Crippen LogP contribution in [0.3, 0.4) is 0 Å². The van der Waals surface area contributed by atoms with Crippen LogP contribution in [0.25, 0.3) is 0 Å². The molecule has 1 atom stereocenters. The third kappa shape index (κ3) is 6.07. The number of ether oxygens (including phenoxy) is 2. The maximum absolute atomic E-state index is 12.9. The molecule has 36 heavy (non-hydrogen) atoms. The summed E-state index contributed by atoms with van der Waals surface area (Å²) in [5.74, 6) is 0.169. The predicted molar refractivity (Wildman–Crippen MR) is 141 cm³/mol. The van der Waals surface area contributed by atoms with Crippen LogP contribution in [0.2, 0.25) is 0 Å². The van der Waals surface area contributed by atoms with Gasteiger partial charge in [0.05, 0.1) is 30.7 Å². The van der Waals surface area contributed by atoms with Crippen molar-refractivity contribution >= 4 is 40.1 Å². The lowest BCUT2D eigenvalue weighted by atomic mass is 10.0. The number of nitrogens with zero attached hydrogens (tertiary/aromatic N) is 2. The molecule has 0 aromatic heterocycles. The number of hydrazone groups is 1. The van der Waals surface area contributed by atoms with Crippen LogP contribution < -0.4 is 14.8 Å². The maximum atomic E-state index is 12.9. The summed E-state index contributed by atoms with van der Waals surface area (Å²) in [5.41, 5.74) is 3.10. The van der Waals surface area contributed by atoms with Crippen molar-refractivity contribution < 1.29 is 23.9 Å². The fourth-order valence-corrected chi connectivity index (χ4v) is 5.23. The first-order valence-electron chi connectivity index (χ1n) is 12.2. The van der Waals surface area contributed by atoms with E-state index in [1.165, 1.54) is 36.5 Å². The molecule has 1 aliphatic carbocycles. The molecule has 8 nitrogen and oxygen atoms in total. The van der Waals surface area contributed by atoms with Gasteiger partial charge in [-0.1, -0.05) is 30.8 Å². The largest absolute Gasteiger partial charge is 0.493 e. The number of hydrogen-bond acceptors (Lipinski definition) is 7. The van der Waals surface area contributed by atoms with E-state index in [-0.39, 0.29) is 23.1 Å². The number of ketones is 1. The van der Waals surface area contributed by atoms with Crippen LogP contribution in [0.5, 0.6) is 11.5 Å². The lowest BCUT2D eigenvalue weighted by Gasteiger charge is -2.29. The Hall–Kier alpha value is -3.33. The van der Waals surface area contributed by atoms with Crippen LogP contribution in [0.15, 0.2) is 47.6 Å². The minimum Gasteiger partial charge on any atom is -0.493 e. The molecule has 4 rings (SSSR count). The van der Waals surface area contributed by atoms with E-state index < -0.39 is 11.7 Å². The Morgan fingerprint density at radius 2 is 1.83 bits per heavy atom. The van der Waals surface area contributed by atoms with Gasteiger partial charge in [-0.15, -0.1) is 0 Å². The van der Waals surface area contributed by atoms with Crippen molar-refractivity contribution in [2.24, 2.45) is 5.10 Å².